The van der Waals surface area contributed by atoms with E-state index in [9.17, 15) is 4.79 Å². The van der Waals surface area contributed by atoms with Gasteiger partial charge in [0.1, 0.15) is 11.3 Å². The molecule has 22 heavy (non-hydrogen) atoms. The first-order valence-electron chi connectivity index (χ1n) is 7.29. The van der Waals surface area contributed by atoms with Crippen molar-refractivity contribution in [3.63, 3.8) is 0 Å². The summed E-state index contributed by atoms with van der Waals surface area (Å²) in [6.45, 7) is 1.52. The number of halogens is 1. The second kappa shape index (κ2) is 7.31. The van der Waals surface area contributed by atoms with Crippen LogP contribution in [0.3, 0.4) is 0 Å². The zero-order valence-electron chi connectivity index (χ0n) is 13.5. The lowest BCUT2D eigenvalue weighted by Crippen LogP contribution is -2.39. The Kier molecular flexibility index (Phi) is 5.67. The quantitative estimate of drug-likeness (QED) is 0.831. The molecule has 1 fully saturated rings. The summed E-state index contributed by atoms with van der Waals surface area (Å²) in [5.74, 6) is 0.371. The van der Waals surface area contributed by atoms with Gasteiger partial charge in [-0.2, -0.15) is 0 Å². The largest absolute Gasteiger partial charge is 0.496 e. The third-order valence-electron chi connectivity index (χ3n) is 4.22. The molecule has 0 aliphatic carbocycles. The summed E-state index contributed by atoms with van der Waals surface area (Å²) in [5.41, 5.74) is 0.415. The van der Waals surface area contributed by atoms with Crippen molar-refractivity contribution in [1.29, 1.82) is 0 Å². The number of likely N-dealkylation sites (N-methyl/N-ethyl adjacent to an activating group) is 2. The summed E-state index contributed by atoms with van der Waals surface area (Å²) in [7, 11) is 7.11. The number of ether oxygens (including phenoxy) is 2. The Morgan fingerprint density at radius 3 is 2.77 bits per heavy atom. The predicted octanol–water partition coefficient (Wildman–Crippen LogP) is 2.14. The van der Waals surface area contributed by atoms with Crippen molar-refractivity contribution < 1.29 is 14.3 Å². The molecule has 5 nitrogen and oxygen atoms in total. The van der Waals surface area contributed by atoms with Crippen molar-refractivity contribution in [3.8, 4) is 5.75 Å². The van der Waals surface area contributed by atoms with Crippen LogP contribution >= 0.6 is 11.6 Å². The molecule has 6 heteroatoms. The maximum atomic E-state index is 12.7. The molecule has 0 radical (unpaired) electrons. The fourth-order valence-electron chi connectivity index (χ4n) is 2.88. The Hall–Kier alpha value is -1.30. The van der Waals surface area contributed by atoms with Gasteiger partial charge in [0.05, 0.1) is 18.2 Å². The van der Waals surface area contributed by atoms with Crippen molar-refractivity contribution in [3.05, 3.63) is 28.8 Å². The standard InChI is InChI=1S/C16H23ClN2O3/c1-18-10-12(21-3)8-11(18)9-19(2)16(20)15-13(17)6-5-7-14(15)22-4/h5-7,11-12H,8-10H2,1-4H3/t11-,12-/m0/s1. The third kappa shape index (κ3) is 3.54. The summed E-state index contributed by atoms with van der Waals surface area (Å²) in [6.07, 6.45) is 1.15. The summed E-state index contributed by atoms with van der Waals surface area (Å²) in [5, 5.41) is 0.408. The van der Waals surface area contributed by atoms with Crippen molar-refractivity contribution in [2.24, 2.45) is 0 Å². The van der Waals surface area contributed by atoms with Crippen LogP contribution in [0.15, 0.2) is 18.2 Å². The topological polar surface area (TPSA) is 42.0 Å². The first kappa shape index (κ1) is 17.1. The lowest BCUT2D eigenvalue weighted by atomic mass is 10.1. The molecule has 1 heterocycles. The smallest absolute Gasteiger partial charge is 0.258 e. The minimum absolute atomic E-state index is 0.128. The molecule has 1 aliphatic heterocycles. The Labute approximate surface area is 136 Å². The van der Waals surface area contributed by atoms with Gasteiger partial charge in [0.2, 0.25) is 0 Å². The number of nitrogens with zero attached hydrogens (tertiary/aromatic N) is 2. The second-order valence-corrected chi connectivity index (χ2v) is 6.10. The van der Waals surface area contributed by atoms with Crippen LogP contribution < -0.4 is 4.74 Å². The van der Waals surface area contributed by atoms with Crippen LogP contribution in [0.1, 0.15) is 16.8 Å². The molecule has 1 aromatic rings. The van der Waals surface area contributed by atoms with E-state index in [0.717, 1.165) is 13.0 Å². The summed E-state index contributed by atoms with van der Waals surface area (Å²) >= 11 is 6.18. The molecule has 0 N–H and O–H groups in total. The van der Waals surface area contributed by atoms with Crippen LogP contribution in [0.4, 0.5) is 0 Å². The Balaban J connectivity index is 2.10. The van der Waals surface area contributed by atoms with Crippen molar-refractivity contribution in [2.45, 2.75) is 18.6 Å². The van der Waals surface area contributed by atoms with E-state index < -0.39 is 0 Å². The summed E-state index contributed by atoms with van der Waals surface area (Å²) in [4.78, 5) is 16.6. The van der Waals surface area contributed by atoms with Crippen molar-refractivity contribution in [2.75, 3.05) is 41.4 Å². The number of likely N-dealkylation sites (tertiary alicyclic amines) is 1. The Morgan fingerprint density at radius 1 is 1.45 bits per heavy atom. The van der Waals surface area contributed by atoms with E-state index >= 15 is 0 Å². The van der Waals surface area contributed by atoms with E-state index in [-0.39, 0.29) is 18.1 Å². The number of rotatable bonds is 5. The van der Waals surface area contributed by atoms with E-state index in [1.165, 1.54) is 7.11 Å². The van der Waals surface area contributed by atoms with Gasteiger partial charge in [-0.3, -0.25) is 9.69 Å². The van der Waals surface area contributed by atoms with Gasteiger partial charge in [0.15, 0.2) is 0 Å². The molecule has 2 atom stereocenters. The molecule has 0 spiro atoms. The van der Waals surface area contributed by atoms with E-state index in [2.05, 4.69) is 11.9 Å². The predicted molar refractivity (Wildman–Crippen MR) is 86.8 cm³/mol. The average Bonchev–Trinajstić information content (AvgIpc) is 2.86. The minimum Gasteiger partial charge on any atom is -0.496 e. The van der Waals surface area contributed by atoms with Crippen LogP contribution in [-0.4, -0.2) is 69.3 Å². The zero-order valence-corrected chi connectivity index (χ0v) is 14.3. The lowest BCUT2D eigenvalue weighted by Gasteiger charge is -2.26. The molecular weight excluding hydrogens is 304 g/mol. The molecule has 0 aromatic heterocycles. The molecule has 1 aliphatic rings. The maximum absolute atomic E-state index is 12.7. The van der Waals surface area contributed by atoms with E-state index in [0.29, 0.717) is 22.9 Å². The fourth-order valence-corrected chi connectivity index (χ4v) is 3.13. The SMILES string of the molecule is COc1cccc(Cl)c1C(=O)N(C)C[C@@H]1C[C@H](OC)CN1C. The third-order valence-corrected chi connectivity index (χ3v) is 4.54. The van der Waals surface area contributed by atoms with Gasteiger partial charge < -0.3 is 14.4 Å². The van der Waals surface area contributed by atoms with Crippen LogP contribution in [0.5, 0.6) is 5.75 Å². The molecule has 1 amide bonds. The lowest BCUT2D eigenvalue weighted by molar-refractivity contribution is 0.0757. The van der Waals surface area contributed by atoms with E-state index in [1.54, 1.807) is 37.3 Å². The highest BCUT2D eigenvalue weighted by Crippen LogP contribution is 2.28. The maximum Gasteiger partial charge on any atom is 0.258 e. The van der Waals surface area contributed by atoms with Gasteiger partial charge in [0.25, 0.3) is 5.91 Å². The second-order valence-electron chi connectivity index (χ2n) is 5.69. The van der Waals surface area contributed by atoms with Gasteiger partial charge in [-0.25, -0.2) is 0 Å². The number of methoxy groups -OCH3 is 2. The number of hydrogen-bond acceptors (Lipinski definition) is 4. The Bertz CT molecular complexity index is 538. The van der Waals surface area contributed by atoms with Gasteiger partial charge in [-0.1, -0.05) is 17.7 Å². The molecule has 2 rings (SSSR count). The molecular formula is C16H23ClN2O3. The molecule has 1 saturated heterocycles. The van der Waals surface area contributed by atoms with Crippen LogP contribution in [-0.2, 0) is 4.74 Å². The molecule has 0 bridgehead atoms. The van der Waals surface area contributed by atoms with Crippen LogP contribution in [0.2, 0.25) is 5.02 Å². The summed E-state index contributed by atoms with van der Waals surface area (Å²) in [6, 6.07) is 5.50. The Morgan fingerprint density at radius 2 is 2.18 bits per heavy atom. The first-order valence-corrected chi connectivity index (χ1v) is 7.66. The first-order chi connectivity index (χ1) is 10.5. The van der Waals surface area contributed by atoms with Crippen LogP contribution in [0, 0.1) is 0 Å². The normalized spacial score (nSPS) is 21.9. The number of benzene rings is 1. The number of amides is 1. The van der Waals surface area contributed by atoms with Crippen LogP contribution in [0.25, 0.3) is 0 Å². The van der Waals surface area contributed by atoms with Gasteiger partial charge in [-0.15, -0.1) is 0 Å². The number of hydrogen-bond donors (Lipinski definition) is 0. The van der Waals surface area contributed by atoms with Gasteiger partial charge in [-0.05, 0) is 25.6 Å². The van der Waals surface area contributed by atoms with Gasteiger partial charge >= 0.3 is 0 Å². The van der Waals surface area contributed by atoms with E-state index in [1.807, 2.05) is 0 Å². The highest BCUT2D eigenvalue weighted by atomic mass is 35.5. The molecule has 0 unspecified atom stereocenters. The van der Waals surface area contributed by atoms with Gasteiger partial charge in [0, 0.05) is 33.3 Å². The average molecular weight is 327 g/mol. The highest BCUT2D eigenvalue weighted by Gasteiger charge is 2.31. The monoisotopic (exact) mass is 326 g/mol. The minimum atomic E-state index is -0.128. The van der Waals surface area contributed by atoms with Crippen molar-refractivity contribution >= 4 is 17.5 Å². The number of carbonyl (C=O) groups is 1. The molecule has 1 aromatic carbocycles. The molecule has 0 saturated carbocycles. The molecule has 122 valence electrons. The zero-order chi connectivity index (χ0) is 16.3. The number of carbonyl (C=O) groups excluding carboxylic acids is 1. The highest BCUT2D eigenvalue weighted by molar-refractivity contribution is 6.34. The van der Waals surface area contributed by atoms with E-state index in [4.69, 9.17) is 21.1 Å². The summed E-state index contributed by atoms with van der Waals surface area (Å²) < 4.78 is 10.7. The fraction of sp³-hybridized carbons (Fsp3) is 0.562. The van der Waals surface area contributed by atoms with Crippen molar-refractivity contribution in [1.82, 2.24) is 9.80 Å².